The van der Waals surface area contributed by atoms with E-state index >= 15 is 0 Å². The number of nitrogens with zero attached hydrogens (tertiary/aromatic N) is 2. The van der Waals surface area contributed by atoms with Gasteiger partial charge in [-0.05, 0) is 12.8 Å². The summed E-state index contributed by atoms with van der Waals surface area (Å²) in [6, 6.07) is 0.418. The van der Waals surface area contributed by atoms with Crippen LogP contribution in [-0.4, -0.2) is 30.0 Å². The maximum Gasteiger partial charge on any atom is 0.219 e. The van der Waals surface area contributed by atoms with Crippen LogP contribution in [0.3, 0.4) is 0 Å². The lowest BCUT2D eigenvalue weighted by Crippen LogP contribution is -2.40. The molecule has 0 spiro atoms. The number of amides is 1. The van der Waals surface area contributed by atoms with E-state index in [0.717, 1.165) is 24.6 Å². The third kappa shape index (κ3) is 2.52. The Morgan fingerprint density at radius 1 is 1.75 bits per heavy atom. The number of hydrogen-bond acceptors (Lipinski definition) is 4. The van der Waals surface area contributed by atoms with Crippen molar-refractivity contribution in [2.75, 3.05) is 18.0 Å². The van der Waals surface area contributed by atoms with Crippen LogP contribution in [0.15, 0.2) is 11.6 Å². The molecular weight excluding hydrogens is 222 g/mol. The summed E-state index contributed by atoms with van der Waals surface area (Å²) >= 11 is 1.67. The van der Waals surface area contributed by atoms with Gasteiger partial charge in [0.1, 0.15) is 0 Å². The summed E-state index contributed by atoms with van der Waals surface area (Å²) in [7, 11) is 0. The highest BCUT2D eigenvalue weighted by atomic mass is 32.1. The first kappa shape index (κ1) is 11.4. The zero-order chi connectivity index (χ0) is 11.4. The summed E-state index contributed by atoms with van der Waals surface area (Å²) < 4.78 is 0. The Bertz CT molecular complexity index is 339. The molecule has 0 saturated carbocycles. The molecule has 0 radical (unpaired) electrons. The van der Waals surface area contributed by atoms with Crippen molar-refractivity contribution in [1.82, 2.24) is 10.3 Å². The van der Waals surface area contributed by atoms with Gasteiger partial charge in [0.15, 0.2) is 5.13 Å². The van der Waals surface area contributed by atoms with E-state index in [1.165, 1.54) is 6.42 Å². The molecule has 2 rings (SSSR count). The first-order valence-corrected chi connectivity index (χ1v) is 6.62. The normalized spacial score (nSPS) is 20.1. The molecule has 5 heteroatoms. The van der Waals surface area contributed by atoms with Gasteiger partial charge in [0.25, 0.3) is 0 Å². The fourth-order valence-electron chi connectivity index (χ4n) is 2.01. The van der Waals surface area contributed by atoms with E-state index in [9.17, 15) is 4.79 Å². The van der Waals surface area contributed by atoms with Crippen LogP contribution in [0.1, 0.15) is 26.2 Å². The van der Waals surface area contributed by atoms with E-state index in [-0.39, 0.29) is 5.91 Å². The number of carbonyl (C=O) groups is 1. The standard InChI is InChI=1S/C11H17N3OS/c1-2-10(15)13-8-9-4-3-6-14(9)11-12-5-7-16-11/h5,7,9H,2-4,6,8H2,1H3,(H,13,15). The van der Waals surface area contributed by atoms with Crippen LogP contribution < -0.4 is 10.2 Å². The molecule has 1 aliphatic rings. The Morgan fingerprint density at radius 2 is 2.62 bits per heavy atom. The Kier molecular flexibility index (Phi) is 3.77. The molecular formula is C11H17N3OS. The van der Waals surface area contributed by atoms with Gasteiger partial charge in [-0.25, -0.2) is 4.98 Å². The molecule has 1 aromatic rings. The molecule has 1 N–H and O–H groups in total. The van der Waals surface area contributed by atoms with Gasteiger partial charge < -0.3 is 10.2 Å². The first-order valence-electron chi connectivity index (χ1n) is 5.74. The third-order valence-corrected chi connectivity index (χ3v) is 3.71. The van der Waals surface area contributed by atoms with Crippen molar-refractivity contribution in [3.63, 3.8) is 0 Å². The molecule has 2 heterocycles. The predicted octanol–water partition coefficient (Wildman–Crippen LogP) is 1.64. The van der Waals surface area contributed by atoms with Crippen molar-refractivity contribution >= 4 is 22.4 Å². The third-order valence-electron chi connectivity index (χ3n) is 2.90. The number of thiazole rings is 1. The number of aromatic nitrogens is 1. The van der Waals surface area contributed by atoms with Crippen LogP contribution in [0.5, 0.6) is 0 Å². The summed E-state index contributed by atoms with van der Waals surface area (Å²) in [6.07, 6.45) is 4.72. The minimum atomic E-state index is 0.131. The summed E-state index contributed by atoms with van der Waals surface area (Å²) in [4.78, 5) is 17.9. The van der Waals surface area contributed by atoms with Crippen LogP contribution in [0.4, 0.5) is 5.13 Å². The summed E-state index contributed by atoms with van der Waals surface area (Å²) in [5.74, 6) is 0.131. The first-order chi connectivity index (χ1) is 7.81. The lowest BCUT2D eigenvalue weighted by atomic mass is 10.2. The number of rotatable bonds is 4. The number of hydrogen-bond donors (Lipinski definition) is 1. The second-order valence-electron chi connectivity index (χ2n) is 3.96. The summed E-state index contributed by atoms with van der Waals surface area (Å²) in [5.41, 5.74) is 0. The minimum absolute atomic E-state index is 0.131. The highest BCUT2D eigenvalue weighted by Gasteiger charge is 2.26. The van der Waals surface area contributed by atoms with Crippen molar-refractivity contribution < 1.29 is 4.79 Å². The number of carbonyl (C=O) groups excluding carboxylic acids is 1. The number of nitrogens with one attached hydrogen (secondary N) is 1. The molecule has 1 saturated heterocycles. The maximum atomic E-state index is 11.2. The average Bonchev–Trinajstić information content (AvgIpc) is 2.95. The topological polar surface area (TPSA) is 45.2 Å². The van der Waals surface area contributed by atoms with Crippen LogP contribution in [0.25, 0.3) is 0 Å². The van der Waals surface area contributed by atoms with E-state index in [0.29, 0.717) is 12.5 Å². The second kappa shape index (κ2) is 5.30. The second-order valence-corrected chi connectivity index (χ2v) is 4.83. The van der Waals surface area contributed by atoms with E-state index < -0.39 is 0 Å². The van der Waals surface area contributed by atoms with Crippen molar-refractivity contribution in [3.8, 4) is 0 Å². The van der Waals surface area contributed by atoms with Crippen molar-refractivity contribution in [2.24, 2.45) is 0 Å². The molecule has 88 valence electrons. The fourth-order valence-corrected chi connectivity index (χ4v) is 2.76. The van der Waals surface area contributed by atoms with E-state index in [1.807, 2.05) is 18.5 Å². The zero-order valence-electron chi connectivity index (χ0n) is 9.48. The fraction of sp³-hybridized carbons (Fsp3) is 0.636. The molecule has 4 nitrogen and oxygen atoms in total. The highest BCUT2D eigenvalue weighted by Crippen LogP contribution is 2.26. The quantitative estimate of drug-likeness (QED) is 0.868. The lowest BCUT2D eigenvalue weighted by Gasteiger charge is -2.24. The van der Waals surface area contributed by atoms with Crippen molar-refractivity contribution in [2.45, 2.75) is 32.2 Å². The molecule has 0 bridgehead atoms. The highest BCUT2D eigenvalue weighted by molar-refractivity contribution is 7.13. The molecule has 1 aromatic heterocycles. The molecule has 1 atom stereocenters. The van der Waals surface area contributed by atoms with Crippen molar-refractivity contribution in [1.29, 1.82) is 0 Å². The lowest BCUT2D eigenvalue weighted by molar-refractivity contribution is -0.120. The SMILES string of the molecule is CCC(=O)NCC1CCCN1c1nccs1. The molecule has 1 aliphatic heterocycles. The molecule has 1 fully saturated rings. The summed E-state index contributed by atoms with van der Waals surface area (Å²) in [6.45, 7) is 3.68. The van der Waals surface area contributed by atoms with Gasteiger partial charge in [-0.1, -0.05) is 6.92 Å². The smallest absolute Gasteiger partial charge is 0.219 e. The summed E-state index contributed by atoms with van der Waals surface area (Å²) in [5, 5.41) is 6.03. The minimum Gasteiger partial charge on any atom is -0.354 e. The number of anilines is 1. The van der Waals surface area contributed by atoms with Crippen LogP contribution >= 0.6 is 11.3 Å². The van der Waals surface area contributed by atoms with Gasteiger partial charge in [0, 0.05) is 37.1 Å². The molecule has 16 heavy (non-hydrogen) atoms. The van der Waals surface area contributed by atoms with Crippen molar-refractivity contribution in [3.05, 3.63) is 11.6 Å². The van der Waals surface area contributed by atoms with Gasteiger partial charge in [0.2, 0.25) is 5.91 Å². The molecule has 1 unspecified atom stereocenters. The molecule has 0 aliphatic carbocycles. The van der Waals surface area contributed by atoms with Gasteiger partial charge in [-0.2, -0.15) is 0 Å². The average molecular weight is 239 g/mol. The van der Waals surface area contributed by atoms with Gasteiger partial charge in [-0.3, -0.25) is 4.79 Å². The predicted molar refractivity (Wildman–Crippen MR) is 65.8 cm³/mol. The Hall–Kier alpha value is -1.10. The van der Waals surface area contributed by atoms with E-state index in [4.69, 9.17) is 0 Å². The molecule has 1 amide bonds. The Morgan fingerprint density at radius 3 is 3.31 bits per heavy atom. The van der Waals surface area contributed by atoms with Gasteiger partial charge in [-0.15, -0.1) is 11.3 Å². The largest absolute Gasteiger partial charge is 0.354 e. The van der Waals surface area contributed by atoms with Crippen LogP contribution in [0, 0.1) is 0 Å². The molecule has 0 aromatic carbocycles. The Balaban J connectivity index is 1.91. The van der Waals surface area contributed by atoms with E-state index in [1.54, 1.807) is 11.3 Å². The Labute approximate surface area is 99.7 Å². The van der Waals surface area contributed by atoms with Crippen LogP contribution in [0.2, 0.25) is 0 Å². The monoisotopic (exact) mass is 239 g/mol. The maximum absolute atomic E-state index is 11.2. The van der Waals surface area contributed by atoms with E-state index in [2.05, 4.69) is 15.2 Å². The van der Waals surface area contributed by atoms with Gasteiger partial charge in [0.05, 0.1) is 0 Å². The van der Waals surface area contributed by atoms with Gasteiger partial charge >= 0.3 is 0 Å². The zero-order valence-corrected chi connectivity index (χ0v) is 10.3. The van der Waals surface area contributed by atoms with Crippen LogP contribution in [-0.2, 0) is 4.79 Å².